The molecular weight excluding hydrogens is 242 g/mol. The number of fused-ring (bicyclic) bond motifs is 1. The van der Waals surface area contributed by atoms with E-state index in [4.69, 9.17) is 5.73 Å². The third-order valence-electron chi connectivity index (χ3n) is 2.70. The second-order valence-electron chi connectivity index (χ2n) is 4.11. The third-order valence-corrected chi connectivity index (χ3v) is 3.77. The standard InChI is InChI=1S/C14H12N2S.H3N/c1-9-2-7-12-13(8-9)17-14(16-12)10-3-5-11(15)6-4-10;/h2-8H,15H2,1H3;1H3. The number of hydrogen-bond acceptors (Lipinski definition) is 4. The van der Waals surface area contributed by atoms with Crippen LogP contribution in [-0.4, -0.2) is 4.98 Å². The summed E-state index contributed by atoms with van der Waals surface area (Å²) in [5.74, 6) is 0. The van der Waals surface area contributed by atoms with Gasteiger partial charge in [0.1, 0.15) is 5.01 Å². The predicted octanol–water partition coefficient (Wildman–Crippen LogP) is 4.02. The Labute approximate surface area is 110 Å². The molecule has 0 saturated heterocycles. The maximum absolute atomic E-state index is 5.68. The highest BCUT2D eigenvalue weighted by atomic mass is 32.1. The molecule has 3 rings (SSSR count). The Bertz CT molecular complexity index is 671. The minimum atomic E-state index is 0. The van der Waals surface area contributed by atoms with E-state index in [1.807, 2.05) is 24.3 Å². The molecule has 92 valence electrons. The van der Waals surface area contributed by atoms with Crippen LogP contribution < -0.4 is 11.9 Å². The van der Waals surface area contributed by atoms with Gasteiger partial charge in [-0.1, -0.05) is 6.07 Å². The number of nitrogens with zero attached hydrogens (tertiary/aromatic N) is 1. The van der Waals surface area contributed by atoms with Crippen LogP contribution in [0.1, 0.15) is 5.56 Å². The minimum absolute atomic E-state index is 0. The van der Waals surface area contributed by atoms with Crippen LogP contribution in [0.3, 0.4) is 0 Å². The molecule has 0 amide bonds. The fraction of sp³-hybridized carbons (Fsp3) is 0.0714. The van der Waals surface area contributed by atoms with Crippen molar-refractivity contribution in [2.24, 2.45) is 0 Å². The van der Waals surface area contributed by atoms with Crippen molar-refractivity contribution in [3.8, 4) is 10.6 Å². The number of aromatic nitrogens is 1. The molecule has 1 heterocycles. The van der Waals surface area contributed by atoms with Gasteiger partial charge in [-0.3, -0.25) is 0 Å². The van der Waals surface area contributed by atoms with E-state index in [1.54, 1.807) is 11.3 Å². The van der Waals surface area contributed by atoms with E-state index in [0.29, 0.717) is 0 Å². The zero-order valence-corrected chi connectivity index (χ0v) is 11.0. The van der Waals surface area contributed by atoms with E-state index >= 15 is 0 Å². The molecule has 0 aliphatic carbocycles. The Kier molecular flexibility index (Phi) is 3.32. The summed E-state index contributed by atoms with van der Waals surface area (Å²) in [4.78, 5) is 4.63. The molecule has 0 aliphatic heterocycles. The first-order valence-corrected chi connectivity index (χ1v) is 6.27. The molecule has 3 nitrogen and oxygen atoms in total. The van der Waals surface area contributed by atoms with Gasteiger partial charge in [0, 0.05) is 11.3 Å². The monoisotopic (exact) mass is 257 g/mol. The second kappa shape index (κ2) is 4.76. The van der Waals surface area contributed by atoms with Crippen LogP contribution in [0.5, 0.6) is 0 Å². The molecule has 0 saturated carbocycles. The second-order valence-corrected chi connectivity index (χ2v) is 5.14. The van der Waals surface area contributed by atoms with Gasteiger partial charge in [-0.05, 0) is 48.9 Å². The van der Waals surface area contributed by atoms with E-state index in [1.165, 1.54) is 10.3 Å². The number of benzene rings is 2. The van der Waals surface area contributed by atoms with Gasteiger partial charge in [0.25, 0.3) is 0 Å². The Balaban J connectivity index is 0.00000120. The van der Waals surface area contributed by atoms with Crippen molar-refractivity contribution in [2.45, 2.75) is 6.92 Å². The number of nitrogens with two attached hydrogens (primary N) is 1. The third kappa shape index (κ3) is 2.20. The van der Waals surface area contributed by atoms with Gasteiger partial charge in [0.05, 0.1) is 10.2 Å². The average Bonchev–Trinajstić information content (AvgIpc) is 2.72. The lowest BCUT2D eigenvalue weighted by molar-refractivity contribution is 1.45. The topological polar surface area (TPSA) is 73.9 Å². The number of rotatable bonds is 1. The molecule has 0 atom stereocenters. The van der Waals surface area contributed by atoms with Crippen molar-refractivity contribution < 1.29 is 0 Å². The first-order chi connectivity index (χ1) is 8.22. The lowest BCUT2D eigenvalue weighted by Crippen LogP contribution is -1.83. The molecule has 2 aromatic carbocycles. The van der Waals surface area contributed by atoms with Crippen LogP contribution in [-0.2, 0) is 0 Å². The van der Waals surface area contributed by atoms with Gasteiger partial charge < -0.3 is 11.9 Å². The van der Waals surface area contributed by atoms with Gasteiger partial charge in [-0.15, -0.1) is 11.3 Å². The zero-order valence-electron chi connectivity index (χ0n) is 10.2. The maximum atomic E-state index is 5.68. The van der Waals surface area contributed by atoms with Crippen LogP contribution in [0, 0.1) is 6.92 Å². The smallest absolute Gasteiger partial charge is 0.124 e. The van der Waals surface area contributed by atoms with Crippen LogP contribution in [0.25, 0.3) is 20.8 Å². The van der Waals surface area contributed by atoms with E-state index < -0.39 is 0 Å². The molecule has 3 aromatic rings. The quantitative estimate of drug-likeness (QED) is 0.647. The Morgan fingerprint density at radius 2 is 1.78 bits per heavy atom. The number of anilines is 1. The van der Waals surface area contributed by atoms with Gasteiger partial charge in [-0.25, -0.2) is 4.98 Å². The van der Waals surface area contributed by atoms with Crippen molar-refractivity contribution >= 4 is 27.2 Å². The molecule has 1 aromatic heterocycles. The molecule has 0 aliphatic rings. The first-order valence-electron chi connectivity index (χ1n) is 5.45. The molecule has 4 heteroatoms. The fourth-order valence-corrected chi connectivity index (χ4v) is 2.85. The summed E-state index contributed by atoms with van der Waals surface area (Å²) in [7, 11) is 0. The summed E-state index contributed by atoms with van der Waals surface area (Å²) in [5.41, 5.74) is 9.92. The lowest BCUT2D eigenvalue weighted by atomic mass is 10.2. The Morgan fingerprint density at radius 3 is 2.50 bits per heavy atom. The molecule has 5 N–H and O–H groups in total. The molecule has 0 fully saturated rings. The molecule has 0 spiro atoms. The van der Waals surface area contributed by atoms with Gasteiger partial charge in [0.15, 0.2) is 0 Å². The summed E-state index contributed by atoms with van der Waals surface area (Å²) >= 11 is 1.72. The van der Waals surface area contributed by atoms with Gasteiger partial charge in [-0.2, -0.15) is 0 Å². The van der Waals surface area contributed by atoms with Crippen molar-refractivity contribution in [3.63, 3.8) is 0 Å². The molecular formula is C14H15N3S. The summed E-state index contributed by atoms with van der Waals surface area (Å²) < 4.78 is 1.23. The van der Waals surface area contributed by atoms with Gasteiger partial charge in [0.2, 0.25) is 0 Å². The lowest BCUT2D eigenvalue weighted by Gasteiger charge is -1.95. The van der Waals surface area contributed by atoms with Crippen molar-refractivity contribution in [1.82, 2.24) is 11.1 Å². The largest absolute Gasteiger partial charge is 0.399 e. The average molecular weight is 257 g/mol. The highest BCUT2D eigenvalue weighted by Gasteiger charge is 2.05. The summed E-state index contributed by atoms with van der Waals surface area (Å²) in [6, 6.07) is 14.2. The number of thiazole rings is 1. The van der Waals surface area contributed by atoms with Crippen LogP contribution in [0.15, 0.2) is 42.5 Å². The molecule has 0 bridgehead atoms. The van der Waals surface area contributed by atoms with Gasteiger partial charge >= 0.3 is 0 Å². The van der Waals surface area contributed by atoms with Crippen LogP contribution in [0.4, 0.5) is 5.69 Å². The molecule has 18 heavy (non-hydrogen) atoms. The summed E-state index contributed by atoms with van der Waals surface area (Å²) in [5, 5.41) is 1.05. The highest BCUT2D eigenvalue weighted by Crippen LogP contribution is 2.30. The number of nitrogen functional groups attached to an aromatic ring is 1. The SMILES string of the molecule is Cc1ccc2nc(-c3ccc(N)cc3)sc2c1.N. The van der Waals surface area contributed by atoms with E-state index in [2.05, 4.69) is 30.1 Å². The van der Waals surface area contributed by atoms with Crippen LogP contribution >= 0.6 is 11.3 Å². The normalized spacial score (nSPS) is 10.3. The van der Waals surface area contributed by atoms with Crippen molar-refractivity contribution in [2.75, 3.05) is 5.73 Å². The van der Waals surface area contributed by atoms with Crippen LogP contribution in [0.2, 0.25) is 0 Å². The summed E-state index contributed by atoms with van der Waals surface area (Å²) in [6.07, 6.45) is 0. The van der Waals surface area contributed by atoms with E-state index in [0.717, 1.165) is 21.8 Å². The fourth-order valence-electron chi connectivity index (χ4n) is 1.78. The molecule has 0 radical (unpaired) electrons. The highest BCUT2D eigenvalue weighted by molar-refractivity contribution is 7.21. The van der Waals surface area contributed by atoms with Crippen molar-refractivity contribution in [1.29, 1.82) is 0 Å². The number of hydrogen-bond donors (Lipinski definition) is 2. The number of aryl methyl sites for hydroxylation is 1. The maximum Gasteiger partial charge on any atom is 0.124 e. The molecule has 0 unspecified atom stereocenters. The van der Waals surface area contributed by atoms with E-state index in [-0.39, 0.29) is 6.15 Å². The first kappa shape index (κ1) is 12.5. The van der Waals surface area contributed by atoms with Crippen molar-refractivity contribution in [3.05, 3.63) is 48.0 Å². The Hall–Kier alpha value is -1.91. The minimum Gasteiger partial charge on any atom is -0.399 e. The summed E-state index contributed by atoms with van der Waals surface area (Å²) in [6.45, 7) is 2.10. The van der Waals surface area contributed by atoms with E-state index in [9.17, 15) is 0 Å². The Morgan fingerprint density at radius 1 is 1.06 bits per heavy atom. The zero-order chi connectivity index (χ0) is 11.8. The predicted molar refractivity (Wildman–Crippen MR) is 79.2 cm³/mol.